The summed E-state index contributed by atoms with van der Waals surface area (Å²) in [6.07, 6.45) is 1.54. The van der Waals surface area contributed by atoms with Gasteiger partial charge in [0.2, 0.25) is 0 Å². The van der Waals surface area contributed by atoms with Crippen molar-refractivity contribution in [1.82, 2.24) is 4.90 Å². The zero-order chi connectivity index (χ0) is 19.7. The third-order valence-electron chi connectivity index (χ3n) is 5.42. The number of carbonyl (C=O) groups is 1. The van der Waals surface area contributed by atoms with Gasteiger partial charge in [-0.2, -0.15) is 0 Å². The van der Waals surface area contributed by atoms with Crippen molar-refractivity contribution < 1.29 is 14.6 Å². The zero-order valence-corrected chi connectivity index (χ0v) is 16.9. The Bertz CT molecular complexity index is 838. The molecule has 3 atom stereocenters. The van der Waals surface area contributed by atoms with Gasteiger partial charge in [0.25, 0.3) is 5.91 Å². The van der Waals surface area contributed by atoms with Gasteiger partial charge in [0.05, 0.1) is 6.04 Å². The van der Waals surface area contributed by atoms with E-state index in [0.717, 1.165) is 24.0 Å². The molecule has 2 fully saturated rings. The summed E-state index contributed by atoms with van der Waals surface area (Å²) in [6.45, 7) is 0.607. The van der Waals surface area contributed by atoms with Crippen molar-refractivity contribution in [2.45, 2.75) is 37.5 Å². The highest BCUT2D eigenvalue weighted by Crippen LogP contribution is 2.45. The van der Waals surface area contributed by atoms with Crippen molar-refractivity contribution in [3.05, 3.63) is 69.7 Å². The first-order valence-electron chi connectivity index (χ1n) is 9.64. The quantitative estimate of drug-likeness (QED) is 0.731. The fourth-order valence-electron chi connectivity index (χ4n) is 3.85. The van der Waals surface area contributed by atoms with Crippen molar-refractivity contribution in [2.75, 3.05) is 13.2 Å². The summed E-state index contributed by atoms with van der Waals surface area (Å²) in [6, 6.07) is 14.9. The molecule has 1 saturated carbocycles. The van der Waals surface area contributed by atoms with Crippen LogP contribution in [0, 0.1) is 5.92 Å². The van der Waals surface area contributed by atoms with Crippen molar-refractivity contribution in [3.63, 3.8) is 0 Å². The number of amides is 1. The normalized spacial score (nSPS) is 25.2. The molecule has 0 radical (unpaired) electrons. The van der Waals surface area contributed by atoms with E-state index >= 15 is 0 Å². The molecule has 6 heteroatoms. The number of nitrogens with zero attached hydrogens (tertiary/aromatic N) is 1. The summed E-state index contributed by atoms with van der Waals surface area (Å²) in [5.41, 5.74) is 1.90. The molecule has 2 aromatic carbocycles. The Balaban J connectivity index is 1.78. The number of rotatable bonds is 6. The summed E-state index contributed by atoms with van der Waals surface area (Å²) < 4.78 is 6.27. The Labute approximate surface area is 175 Å². The number of halogens is 2. The largest absolute Gasteiger partial charge is 0.396 e. The highest BCUT2D eigenvalue weighted by atomic mass is 35.5. The average molecular weight is 420 g/mol. The number of hydrogen-bond acceptors (Lipinski definition) is 3. The first kappa shape index (κ1) is 19.7. The van der Waals surface area contributed by atoms with E-state index in [4.69, 9.17) is 27.9 Å². The van der Waals surface area contributed by atoms with Crippen LogP contribution in [0.15, 0.2) is 48.5 Å². The lowest BCUT2D eigenvalue weighted by Gasteiger charge is -2.45. The number of benzene rings is 2. The first-order valence-corrected chi connectivity index (χ1v) is 10.4. The fraction of sp³-hybridized carbons (Fsp3) is 0.409. The lowest BCUT2D eigenvalue weighted by atomic mass is 9.91. The molecule has 4 nitrogen and oxygen atoms in total. The lowest BCUT2D eigenvalue weighted by Crippen LogP contribution is -2.51. The molecule has 1 saturated heterocycles. The number of aliphatic hydroxyl groups is 1. The average Bonchev–Trinajstić information content (AvgIpc) is 3.50. The predicted octanol–water partition coefficient (Wildman–Crippen LogP) is 4.80. The van der Waals surface area contributed by atoms with Gasteiger partial charge in [-0.05, 0) is 54.2 Å². The van der Waals surface area contributed by atoms with Crippen LogP contribution in [0.25, 0.3) is 0 Å². The Morgan fingerprint density at radius 3 is 2.43 bits per heavy atom. The number of morpholine rings is 1. The highest BCUT2D eigenvalue weighted by Gasteiger charge is 2.45. The fourth-order valence-corrected chi connectivity index (χ4v) is 4.17. The summed E-state index contributed by atoms with van der Waals surface area (Å²) in [7, 11) is 0. The number of carbonyl (C=O) groups excluding carboxylic acids is 1. The Kier molecular flexibility index (Phi) is 5.93. The van der Waals surface area contributed by atoms with Crippen molar-refractivity contribution in [1.29, 1.82) is 0 Å². The maximum absolute atomic E-state index is 13.2. The minimum absolute atomic E-state index is 0.0563. The van der Waals surface area contributed by atoms with E-state index in [0.29, 0.717) is 22.5 Å². The van der Waals surface area contributed by atoms with E-state index in [9.17, 15) is 9.90 Å². The minimum Gasteiger partial charge on any atom is -0.396 e. The zero-order valence-electron chi connectivity index (χ0n) is 15.4. The van der Waals surface area contributed by atoms with Gasteiger partial charge in [0.15, 0.2) is 0 Å². The minimum atomic E-state index is -0.656. The Morgan fingerprint density at radius 2 is 1.79 bits per heavy atom. The SMILES string of the molecule is O=C1[C@@H](CCO)O[C@H](c2cccc(Cl)c2)[C@H](c2ccc(Cl)cc2)N1CC1CC1. The number of ether oxygens (including phenoxy) is 1. The van der Waals surface area contributed by atoms with Crippen LogP contribution in [-0.4, -0.2) is 35.2 Å². The van der Waals surface area contributed by atoms with E-state index in [-0.39, 0.29) is 31.1 Å². The smallest absolute Gasteiger partial charge is 0.252 e. The van der Waals surface area contributed by atoms with Crippen LogP contribution < -0.4 is 0 Å². The molecule has 0 bridgehead atoms. The molecule has 2 aliphatic rings. The monoisotopic (exact) mass is 419 g/mol. The van der Waals surface area contributed by atoms with Crippen molar-refractivity contribution in [2.24, 2.45) is 5.92 Å². The summed E-state index contributed by atoms with van der Waals surface area (Å²) in [5.74, 6) is 0.478. The molecule has 2 aromatic rings. The van der Waals surface area contributed by atoms with Gasteiger partial charge in [0, 0.05) is 29.6 Å². The second-order valence-corrected chi connectivity index (χ2v) is 8.42. The molecule has 0 aromatic heterocycles. The van der Waals surface area contributed by atoms with Crippen LogP contribution >= 0.6 is 23.2 Å². The van der Waals surface area contributed by atoms with E-state index < -0.39 is 6.10 Å². The van der Waals surface area contributed by atoms with Crippen LogP contribution in [-0.2, 0) is 9.53 Å². The van der Waals surface area contributed by atoms with E-state index in [1.807, 2.05) is 53.4 Å². The van der Waals surface area contributed by atoms with Gasteiger partial charge in [-0.15, -0.1) is 0 Å². The summed E-state index contributed by atoms with van der Waals surface area (Å²) >= 11 is 12.3. The maximum Gasteiger partial charge on any atom is 0.252 e. The molecular formula is C22H23Cl2NO3. The first-order chi connectivity index (χ1) is 13.6. The van der Waals surface area contributed by atoms with Gasteiger partial charge >= 0.3 is 0 Å². The van der Waals surface area contributed by atoms with Crippen LogP contribution in [0.1, 0.15) is 42.5 Å². The van der Waals surface area contributed by atoms with Gasteiger partial charge in [-0.25, -0.2) is 0 Å². The summed E-state index contributed by atoms with van der Waals surface area (Å²) in [4.78, 5) is 15.2. The van der Waals surface area contributed by atoms with E-state index in [1.165, 1.54) is 0 Å². The standard InChI is InChI=1S/C22H23Cl2NO3/c23-17-8-6-15(7-9-17)20-21(16-2-1-3-18(24)12-16)28-19(10-11-26)22(27)25(20)13-14-4-5-14/h1-3,6-9,12,14,19-21,26H,4-5,10-11,13H2/t19-,20+,21-/m1/s1. The second-order valence-electron chi connectivity index (χ2n) is 7.54. The molecule has 1 heterocycles. The maximum atomic E-state index is 13.2. The third-order valence-corrected chi connectivity index (χ3v) is 5.91. The lowest BCUT2D eigenvalue weighted by molar-refractivity contribution is -0.176. The van der Waals surface area contributed by atoms with Crippen LogP contribution in [0.4, 0.5) is 0 Å². The molecular weight excluding hydrogens is 397 g/mol. The van der Waals surface area contributed by atoms with Crippen molar-refractivity contribution in [3.8, 4) is 0 Å². The highest BCUT2D eigenvalue weighted by molar-refractivity contribution is 6.30. The molecule has 0 unspecified atom stereocenters. The van der Waals surface area contributed by atoms with E-state index in [2.05, 4.69) is 0 Å². The Morgan fingerprint density at radius 1 is 1.04 bits per heavy atom. The van der Waals surface area contributed by atoms with Crippen LogP contribution in [0.3, 0.4) is 0 Å². The second kappa shape index (κ2) is 8.42. The van der Waals surface area contributed by atoms with Crippen LogP contribution in [0.5, 0.6) is 0 Å². The van der Waals surface area contributed by atoms with Gasteiger partial charge in [-0.3, -0.25) is 4.79 Å². The summed E-state index contributed by atoms with van der Waals surface area (Å²) in [5, 5.41) is 10.7. The number of hydrogen-bond donors (Lipinski definition) is 1. The number of aliphatic hydroxyl groups excluding tert-OH is 1. The van der Waals surface area contributed by atoms with E-state index in [1.54, 1.807) is 0 Å². The van der Waals surface area contributed by atoms with Gasteiger partial charge in [-0.1, -0.05) is 47.5 Å². The molecule has 28 heavy (non-hydrogen) atoms. The molecule has 1 amide bonds. The topological polar surface area (TPSA) is 49.8 Å². The molecule has 1 aliphatic carbocycles. The van der Waals surface area contributed by atoms with Gasteiger partial charge in [0.1, 0.15) is 12.2 Å². The van der Waals surface area contributed by atoms with Crippen LogP contribution in [0.2, 0.25) is 10.0 Å². The van der Waals surface area contributed by atoms with Crippen molar-refractivity contribution >= 4 is 29.1 Å². The molecule has 0 spiro atoms. The third kappa shape index (κ3) is 4.20. The molecule has 1 N–H and O–H groups in total. The molecule has 1 aliphatic heterocycles. The predicted molar refractivity (Wildman–Crippen MR) is 109 cm³/mol. The molecule has 4 rings (SSSR count). The Hall–Kier alpha value is -1.59. The molecule has 148 valence electrons. The van der Waals surface area contributed by atoms with Gasteiger partial charge < -0.3 is 14.7 Å².